The topological polar surface area (TPSA) is 80.9 Å². The molecule has 0 aliphatic carbocycles. The lowest BCUT2D eigenvalue weighted by Crippen LogP contribution is -2.26. The second-order valence-corrected chi connectivity index (χ2v) is 7.39. The zero-order valence-corrected chi connectivity index (χ0v) is 18.2. The summed E-state index contributed by atoms with van der Waals surface area (Å²) in [5.41, 5.74) is 4.83. The lowest BCUT2D eigenvalue weighted by molar-refractivity contribution is 0.459. The summed E-state index contributed by atoms with van der Waals surface area (Å²) in [6.07, 6.45) is 3.83. The fourth-order valence-corrected chi connectivity index (χ4v) is 3.87. The Bertz CT molecular complexity index is 1200. The average Bonchev–Trinajstić information content (AvgIpc) is 3.09. The molecule has 10 heteroatoms. The molecule has 1 aromatic carbocycles. The molecule has 0 bridgehead atoms. The van der Waals surface area contributed by atoms with Crippen LogP contribution in [0.4, 0.5) is 4.39 Å². The summed E-state index contributed by atoms with van der Waals surface area (Å²) in [7, 11) is 0. The first-order valence-electron chi connectivity index (χ1n) is 9.47. The summed E-state index contributed by atoms with van der Waals surface area (Å²) in [4.78, 5) is 8.87. The maximum atomic E-state index is 14.9. The normalized spacial score (nSPS) is 14.5. The molecule has 1 N–H and O–H groups in total. The van der Waals surface area contributed by atoms with Crippen molar-refractivity contribution < 1.29 is 4.39 Å². The van der Waals surface area contributed by atoms with Gasteiger partial charge in [-0.15, -0.1) is 35.0 Å². The van der Waals surface area contributed by atoms with Crippen LogP contribution >= 0.6 is 24.8 Å². The van der Waals surface area contributed by atoms with Crippen molar-refractivity contribution in [2.45, 2.75) is 32.6 Å². The first-order valence-corrected chi connectivity index (χ1v) is 9.47. The van der Waals surface area contributed by atoms with Crippen LogP contribution in [-0.2, 0) is 0 Å². The molecular weight excluding hydrogens is 428 g/mol. The van der Waals surface area contributed by atoms with Crippen molar-refractivity contribution >= 4 is 41.5 Å². The lowest BCUT2D eigenvalue weighted by Gasteiger charge is -2.23. The minimum Gasteiger partial charge on any atom is -0.317 e. The van der Waals surface area contributed by atoms with Gasteiger partial charge < -0.3 is 5.32 Å². The highest BCUT2D eigenvalue weighted by Crippen LogP contribution is 2.29. The first-order chi connectivity index (χ1) is 13.6. The Balaban J connectivity index is 0.00000128. The number of hydrogen-bond acceptors (Lipinski definition) is 6. The second kappa shape index (κ2) is 8.75. The summed E-state index contributed by atoms with van der Waals surface area (Å²) in [6.45, 7) is 5.77. The van der Waals surface area contributed by atoms with E-state index in [1.165, 1.54) is 0 Å². The van der Waals surface area contributed by atoms with E-state index in [0.29, 0.717) is 23.0 Å². The van der Waals surface area contributed by atoms with E-state index in [1.54, 1.807) is 10.6 Å². The zero-order valence-electron chi connectivity index (χ0n) is 16.6. The number of piperidine rings is 1. The molecule has 4 heterocycles. The molecule has 0 unspecified atom stereocenters. The second-order valence-electron chi connectivity index (χ2n) is 7.39. The van der Waals surface area contributed by atoms with Crippen LogP contribution in [-0.4, -0.2) is 42.9 Å². The van der Waals surface area contributed by atoms with Crippen LogP contribution in [0.5, 0.6) is 0 Å². The van der Waals surface area contributed by atoms with Crippen molar-refractivity contribution in [3.63, 3.8) is 0 Å². The number of imidazole rings is 1. The largest absolute Gasteiger partial charge is 0.317 e. The van der Waals surface area contributed by atoms with E-state index in [1.807, 2.05) is 32.2 Å². The van der Waals surface area contributed by atoms with E-state index in [2.05, 4.69) is 30.6 Å². The number of nitrogens with one attached hydrogen (secondary N) is 1. The minimum absolute atomic E-state index is 0. The molecule has 158 valence electrons. The van der Waals surface area contributed by atoms with Crippen molar-refractivity contribution in [3.05, 3.63) is 47.0 Å². The van der Waals surface area contributed by atoms with E-state index < -0.39 is 0 Å². The van der Waals surface area contributed by atoms with Crippen LogP contribution < -0.4 is 5.32 Å². The van der Waals surface area contributed by atoms with E-state index >= 15 is 0 Å². The van der Waals surface area contributed by atoms with Crippen LogP contribution in [0.15, 0.2) is 24.4 Å². The Morgan fingerprint density at radius 2 is 1.80 bits per heavy atom. The molecule has 5 rings (SSSR count). The fraction of sp³-hybridized carbons (Fsp3) is 0.350. The number of halogens is 3. The van der Waals surface area contributed by atoms with Gasteiger partial charge in [0.25, 0.3) is 0 Å². The highest BCUT2D eigenvalue weighted by atomic mass is 35.5. The Labute approximate surface area is 185 Å². The van der Waals surface area contributed by atoms with Gasteiger partial charge in [0.1, 0.15) is 16.7 Å². The summed E-state index contributed by atoms with van der Waals surface area (Å²) in [5.74, 6) is 0.286. The molecule has 1 saturated heterocycles. The summed E-state index contributed by atoms with van der Waals surface area (Å²) in [5, 5.41) is 16.3. The van der Waals surface area contributed by atoms with Crippen molar-refractivity contribution in [2.24, 2.45) is 0 Å². The number of aromatic nitrogens is 6. The first kappa shape index (κ1) is 22.3. The van der Waals surface area contributed by atoms with Gasteiger partial charge in [-0.25, -0.2) is 18.9 Å². The number of nitrogens with zero attached hydrogens (tertiary/aromatic N) is 6. The van der Waals surface area contributed by atoms with Gasteiger partial charge in [-0.3, -0.25) is 0 Å². The van der Waals surface area contributed by atoms with E-state index in [4.69, 9.17) is 0 Å². The molecule has 1 fully saturated rings. The molecule has 0 saturated carbocycles. The van der Waals surface area contributed by atoms with Gasteiger partial charge >= 0.3 is 0 Å². The van der Waals surface area contributed by atoms with Crippen molar-refractivity contribution in [1.82, 2.24) is 35.1 Å². The van der Waals surface area contributed by atoms with Gasteiger partial charge in [0.2, 0.25) is 5.82 Å². The number of benzene rings is 1. The summed E-state index contributed by atoms with van der Waals surface area (Å²) in [6, 6.07) is 5.36. The van der Waals surface area contributed by atoms with Gasteiger partial charge in [0.15, 0.2) is 11.5 Å². The maximum Gasteiger partial charge on any atom is 0.202 e. The lowest BCUT2D eigenvalue weighted by atomic mass is 9.90. The number of fused-ring (bicyclic) bond motifs is 2. The Morgan fingerprint density at radius 3 is 2.57 bits per heavy atom. The quantitative estimate of drug-likeness (QED) is 0.501. The molecule has 30 heavy (non-hydrogen) atoms. The van der Waals surface area contributed by atoms with Gasteiger partial charge in [-0.1, -0.05) is 0 Å². The molecule has 1 aliphatic heterocycles. The van der Waals surface area contributed by atoms with E-state index in [0.717, 1.165) is 48.4 Å². The Hall–Kier alpha value is -2.42. The van der Waals surface area contributed by atoms with Gasteiger partial charge in [0, 0.05) is 0 Å². The molecule has 4 aromatic rings. The monoisotopic (exact) mass is 449 g/mol. The Morgan fingerprint density at radius 1 is 1.03 bits per heavy atom. The third-order valence-corrected chi connectivity index (χ3v) is 5.31. The van der Waals surface area contributed by atoms with Crippen molar-refractivity contribution in [3.8, 4) is 11.5 Å². The molecular formula is C20H22Cl2FN7. The number of rotatable bonds is 2. The molecule has 7 nitrogen and oxygen atoms in total. The van der Waals surface area contributed by atoms with Crippen LogP contribution in [0.3, 0.4) is 0 Å². The maximum absolute atomic E-state index is 14.9. The highest BCUT2D eigenvalue weighted by molar-refractivity contribution is 5.85. The predicted molar refractivity (Wildman–Crippen MR) is 118 cm³/mol. The number of hydrogen-bond donors (Lipinski definition) is 1. The van der Waals surface area contributed by atoms with Gasteiger partial charge in [0.05, 0.1) is 11.9 Å². The van der Waals surface area contributed by atoms with Crippen LogP contribution in [0.2, 0.25) is 0 Å². The fourth-order valence-electron chi connectivity index (χ4n) is 3.87. The number of aryl methyl sites for hydroxylation is 2. The third-order valence-electron chi connectivity index (χ3n) is 5.31. The highest BCUT2D eigenvalue weighted by Gasteiger charge is 2.19. The van der Waals surface area contributed by atoms with Crippen molar-refractivity contribution in [1.29, 1.82) is 0 Å². The van der Waals surface area contributed by atoms with E-state index in [9.17, 15) is 4.39 Å². The molecule has 0 spiro atoms. The minimum atomic E-state index is -0.363. The Kier molecular flexibility index (Phi) is 6.50. The van der Waals surface area contributed by atoms with Crippen LogP contribution in [0, 0.1) is 19.7 Å². The summed E-state index contributed by atoms with van der Waals surface area (Å²) >= 11 is 0. The average molecular weight is 450 g/mol. The van der Waals surface area contributed by atoms with Crippen LogP contribution in [0.25, 0.3) is 28.2 Å². The predicted octanol–water partition coefficient (Wildman–Crippen LogP) is 3.80. The van der Waals surface area contributed by atoms with Crippen molar-refractivity contribution in [2.75, 3.05) is 13.1 Å². The summed E-state index contributed by atoms with van der Waals surface area (Å²) < 4.78 is 16.6. The standard InChI is InChI=1S/C20H20FN7.2ClH/c1-11-7-17(27-28-10-12(2)23-20(11)28)19-24-18-15(21)8-14(9-16(18)25-26-19)13-3-5-22-6-4-13;;/h7-10,13,22H,3-6H2,1-2H3;2*1H. The van der Waals surface area contributed by atoms with Gasteiger partial charge in [-0.05, 0) is 75.0 Å². The van der Waals surface area contributed by atoms with Gasteiger partial charge in [-0.2, -0.15) is 5.10 Å². The molecule has 0 radical (unpaired) electrons. The van der Waals surface area contributed by atoms with Crippen LogP contribution in [0.1, 0.15) is 35.6 Å². The molecule has 0 atom stereocenters. The molecule has 0 amide bonds. The SMILES string of the molecule is Cc1cn2nc(-c3nnc4cc(C5CCNCC5)cc(F)c4n3)cc(C)c2n1.Cl.Cl. The third kappa shape index (κ3) is 3.95. The van der Waals surface area contributed by atoms with E-state index in [-0.39, 0.29) is 36.1 Å². The molecule has 3 aromatic heterocycles. The molecule has 1 aliphatic rings. The zero-order chi connectivity index (χ0) is 19.3. The smallest absolute Gasteiger partial charge is 0.202 e.